The molecule has 0 aliphatic heterocycles. The molecule has 0 amide bonds. The summed E-state index contributed by atoms with van der Waals surface area (Å²) in [5, 5.41) is 9.05. The summed E-state index contributed by atoms with van der Waals surface area (Å²) in [5.74, 6) is -1.15. The van der Waals surface area contributed by atoms with Crippen LogP contribution in [0.3, 0.4) is 0 Å². The van der Waals surface area contributed by atoms with Crippen molar-refractivity contribution in [3.8, 4) is 0 Å². The number of carboxylic acid groups (broad SMARTS) is 1. The third kappa shape index (κ3) is 3.14. The van der Waals surface area contributed by atoms with Crippen LogP contribution in [0.25, 0.3) is 0 Å². The van der Waals surface area contributed by atoms with Crippen LogP contribution in [0.2, 0.25) is 0 Å². The maximum absolute atomic E-state index is 12.3. The van der Waals surface area contributed by atoms with E-state index >= 15 is 0 Å². The van der Waals surface area contributed by atoms with Crippen molar-refractivity contribution in [2.45, 2.75) is 18.4 Å². The van der Waals surface area contributed by atoms with Crippen molar-refractivity contribution in [2.75, 3.05) is 0 Å². The molecular formula is C14H16N2O4S. The van der Waals surface area contributed by atoms with Crippen molar-refractivity contribution < 1.29 is 18.3 Å². The van der Waals surface area contributed by atoms with E-state index in [1.54, 1.807) is 0 Å². The van der Waals surface area contributed by atoms with E-state index < -0.39 is 16.0 Å². The van der Waals surface area contributed by atoms with E-state index in [4.69, 9.17) is 5.11 Å². The van der Waals surface area contributed by atoms with Crippen molar-refractivity contribution in [3.63, 3.8) is 0 Å². The highest BCUT2D eigenvalue weighted by atomic mass is 32.2. The van der Waals surface area contributed by atoms with Gasteiger partial charge in [0.2, 0.25) is 10.0 Å². The van der Waals surface area contributed by atoms with Gasteiger partial charge in [0.1, 0.15) is 0 Å². The van der Waals surface area contributed by atoms with Crippen molar-refractivity contribution in [2.24, 2.45) is 7.05 Å². The summed E-state index contributed by atoms with van der Waals surface area (Å²) >= 11 is 0. The number of aryl methyl sites for hydroxylation is 1. The van der Waals surface area contributed by atoms with Crippen LogP contribution in [0.4, 0.5) is 0 Å². The molecule has 0 spiro atoms. The molecule has 0 saturated carbocycles. The molecule has 0 radical (unpaired) electrons. The smallest absolute Gasteiger partial charge is 0.335 e. The summed E-state index contributed by atoms with van der Waals surface area (Å²) < 4.78 is 28.9. The zero-order chi connectivity index (χ0) is 15.6. The van der Waals surface area contributed by atoms with Crippen molar-refractivity contribution >= 4 is 16.0 Å². The fourth-order valence-electron chi connectivity index (χ4n) is 2.06. The number of carboxylic acids is 1. The second-order valence-electron chi connectivity index (χ2n) is 4.67. The van der Waals surface area contributed by atoms with Crippen LogP contribution in [0.1, 0.15) is 21.6 Å². The van der Waals surface area contributed by atoms with Crippen LogP contribution in [0, 0.1) is 6.92 Å². The Kier molecular flexibility index (Phi) is 4.15. The average Bonchev–Trinajstić information content (AvgIpc) is 2.82. The number of carbonyl (C=O) groups is 1. The molecule has 1 heterocycles. The van der Waals surface area contributed by atoms with Gasteiger partial charge < -0.3 is 9.67 Å². The van der Waals surface area contributed by atoms with E-state index in [2.05, 4.69) is 4.72 Å². The molecule has 21 heavy (non-hydrogen) atoms. The first-order chi connectivity index (χ1) is 9.83. The highest BCUT2D eigenvalue weighted by Gasteiger charge is 2.20. The molecule has 2 N–H and O–H groups in total. The summed E-state index contributed by atoms with van der Waals surface area (Å²) in [6.07, 6.45) is 1.82. The molecule has 1 aromatic heterocycles. The van der Waals surface area contributed by atoms with Gasteiger partial charge >= 0.3 is 5.97 Å². The Morgan fingerprint density at radius 2 is 2.00 bits per heavy atom. The molecule has 0 atom stereocenters. The van der Waals surface area contributed by atoms with E-state index in [-0.39, 0.29) is 22.6 Å². The van der Waals surface area contributed by atoms with Gasteiger partial charge in [-0.2, -0.15) is 0 Å². The van der Waals surface area contributed by atoms with E-state index in [0.29, 0.717) is 0 Å². The topological polar surface area (TPSA) is 88.4 Å². The summed E-state index contributed by atoms with van der Waals surface area (Å²) in [6, 6.07) is 7.83. The molecule has 6 nitrogen and oxygen atoms in total. The zero-order valence-corrected chi connectivity index (χ0v) is 12.5. The second-order valence-corrected chi connectivity index (χ2v) is 6.40. The number of sulfonamides is 1. The molecule has 0 fully saturated rings. The number of hydrogen-bond donors (Lipinski definition) is 2. The number of aromatic nitrogens is 1. The minimum atomic E-state index is -3.77. The predicted molar refractivity (Wildman–Crippen MR) is 77.6 cm³/mol. The maximum atomic E-state index is 12.3. The monoisotopic (exact) mass is 308 g/mol. The van der Waals surface area contributed by atoms with Crippen LogP contribution < -0.4 is 4.72 Å². The van der Waals surface area contributed by atoms with E-state index in [1.165, 1.54) is 25.1 Å². The first-order valence-electron chi connectivity index (χ1n) is 6.25. The van der Waals surface area contributed by atoms with Gasteiger partial charge in [0.05, 0.1) is 17.0 Å². The Balaban J connectivity index is 2.30. The Hall–Kier alpha value is -2.12. The average molecular weight is 308 g/mol. The predicted octanol–water partition coefficient (Wildman–Crippen LogP) is 1.51. The largest absolute Gasteiger partial charge is 0.478 e. The highest BCUT2D eigenvalue weighted by molar-refractivity contribution is 7.89. The fourth-order valence-corrected chi connectivity index (χ4v) is 3.33. The van der Waals surface area contributed by atoms with Gasteiger partial charge in [0, 0.05) is 18.9 Å². The van der Waals surface area contributed by atoms with E-state index in [1.807, 2.05) is 29.9 Å². The quantitative estimate of drug-likeness (QED) is 0.876. The van der Waals surface area contributed by atoms with Crippen LogP contribution in [0.5, 0.6) is 0 Å². The molecule has 0 saturated heterocycles. The Morgan fingerprint density at radius 3 is 2.57 bits per heavy atom. The van der Waals surface area contributed by atoms with Gasteiger partial charge in [-0.15, -0.1) is 0 Å². The van der Waals surface area contributed by atoms with E-state index in [0.717, 1.165) is 5.69 Å². The third-order valence-corrected chi connectivity index (χ3v) is 4.84. The molecule has 0 unspecified atom stereocenters. The van der Waals surface area contributed by atoms with E-state index in [9.17, 15) is 13.2 Å². The van der Waals surface area contributed by atoms with Gasteiger partial charge in [-0.25, -0.2) is 17.9 Å². The Morgan fingerprint density at radius 1 is 1.29 bits per heavy atom. The number of nitrogens with zero attached hydrogens (tertiary/aromatic N) is 1. The molecule has 7 heteroatoms. The molecule has 2 rings (SSSR count). The lowest BCUT2D eigenvalue weighted by atomic mass is 10.1. The van der Waals surface area contributed by atoms with Crippen molar-refractivity contribution in [1.29, 1.82) is 0 Å². The number of aromatic carboxylic acids is 1. The standard InChI is InChI=1S/C14H16N2O4S/c1-10-12(14(17)18)6-3-7-13(10)21(19,20)15-9-11-5-4-8-16(11)2/h3-8,15H,9H2,1-2H3,(H,17,18). The Bertz CT molecular complexity index is 778. The van der Waals surface area contributed by atoms with Gasteiger partial charge in [-0.1, -0.05) is 6.07 Å². The first-order valence-corrected chi connectivity index (χ1v) is 7.74. The summed E-state index contributed by atoms with van der Waals surface area (Å²) in [5.41, 5.74) is 1.02. The van der Waals surface area contributed by atoms with Crippen LogP contribution >= 0.6 is 0 Å². The lowest BCUT2D eigenvalue weighted by Crippen LogP contribution is -2.25. The van der Waals surface area contributed by atoms with Gasteiger partial charge in [0.15, 0.2) is 0 Å². The van der Waals surface area contributed by atoms with Crippen LogP contribution in [-0.4, -0.2) is 24.1 Å². The number of rotatable bonds is 5. The van der Waals surface area contributed by atoms with Gasteiger partial charge in [0.25, 0.3) is 0 Å². The fraction of sp³-hybridized carbons (Fsp3) is 0.214. The SMILES string of the molecule is Cc1c(C(=O)O)cccc1S(=O)(=O)NCc1cccn1C. The van der Waals surface area contributed by atoms with Crippen LogP contribution in [-0.2, 0) is 23.6 Å². The minimum Gasteiger partial charge on any atom is -0.478 e. The Labute approximate surface area is 123 Å². The molecule has 0 aliphatic carbocycles. The van der Waals surface area contributed by atoms with Gasteiger partial charge in [-0.3, -0.25) is 0 Å². The normalized spacial score (nSPS) is 11.5. The van der Waals surface area contributed by atoms with Crippen molar-refractivity contribution in [3.05, 3.63) is 53.3 Å². The van der Waals surface area contributed by atoms with Gasteiger partial charge in [-0.05, 0) is 36.8 Å². The second kappa shape index (κ2) is 5.71. The third-order valence-electron chi connectivity index (χ3n) is 3.30. The van der Waals surface area contributed by atoms with Crippen molar-refractivity contribution in [1.82, 2.24) is 9.29 Å². The first kappa shape index (κ1) is 15.3. The summed E-state index contributed by atoms with van der Waals surface area (Å²) in [6.45, 7) is 1.63. The molecule has 0 bridgehead atoms. The summed E-state index contributed by atoms with van der Waals surface area (Å²) in [7, 11) is -1.95. The molecule has 112 valence electrons. The highest BCUT2D eigenvalue weighted by Crippen LogP contribution is 2.19. The zero-order valence-electron chi connectivity index (χ0n) is 11.7. The number of hydrogen-bond acceptors (Lipinski definition) is 3. The molecule has 0 aliphatic rings. The lowest BCUT2D eigenvalue weighted by molar-refractivity contribution is 0.0696. The summed E-state index contributed by atoms with van der Waals surface area (Å²) in [4.78, 5) is 11.1. The minimum absolute atomic E-state index is 0.0169. The lowest BCUT2D eigenvalue weighted by Gasteiger charge is -2.11. The molecule has 1 aromatic carbocycles. The number of nitrogens with one attached hydrogen (secondary N) is 1. The number of benzene rings is 1. The van der Waals surface area contributed by atoms with Crippen LogP contribution in [0.15, 0.2) is 41.4 Å². The molecular weight excluding hydrogens is 292 g/mol. The maximum Gasteiger partial charge on any atom is 0.335 e. The molecule has 2 aromatic rings.